The van der Waals surface area contributed by atoms with Crippen molar-refractivity contribution >= 4 is 11.9 Å². The Morgan fingerprint density at radius 2 is 2.10 bits per heavy atom. The lowest BCUT2D eigenvalue weighted by atomic mass is 10.0. The predicted molar refractivity (Wildman–Crippen MR) is 74.8 cm³/mol. The number of rotatable bonds is 5. The van der Waals surface area contributed by atoms with Gasteiger partial charge in [0.05, 0.1) is 5.92 Å². The number of hydrogen-bond donors (Lipinski definition) is 3. The van der Waals surface area contributed by atoms with Gasteiger partial charge in [-0.05, 0) is 32.9 Å². The van der Waals surface area contributed by atoms with Gasteiger partial charge in [-0.25, -0.2) is 0 Å². The fraction of sp³-hybridized carbons (Fsp3) is 0.357. The molecule has 0 aliphatic carbocycles. The van der Waals surface area contributed by atoms with Crippen molar-refractivity contribution in [2.45, 2.75) is 26.8 Å². The molecule has 112 valence electrons. The van der Waals surface area contributed by atoms with Gasteiger partial charge >= 0.3 is 5.97 Å². The second-order valence-electron chi connectivity index (χ2n) is 4.97. The first kappa shape index (κ1) is 14.8. The summed E-state index contributed by atoms with van der Waals surface area (Å²) in [5, 5.41) is 18.2. The summed E-state index contributed by atoms with van der Waals surface area (Å²) >= 11 is 0. The van der Waals surface area contributed by atoms with Gasteiger partial charge < -0.3 is 14.8 Å². The van der Waals surface area contributed by atoms with Crippen LogP contribution >= 0.6 is 0 Å². The Morgan fingerprint density at radius 1 is 1.38 bits per heavy atom. The van der Waals surface area contributed by atoms with Crippen molar-refractivity contribution in [2.24, 2.45) is 5.92 Å². The Morgan fingerprint density at radius 3 is 2.67 bits per heavy atom. The van der Waals surface area contributed by atoms with Crippen LogP contribution in [0.1, 0.15) is 30.1 Å². The van der Waals surface area contributed by atoms with Crippen LogP contribution in [0.3, 0.4) is 0 Å². The van der Waals surface area contributed by atoms with Gasteiger partial charge in [0.1, 0.15) is 11.5 Å². The minimum absolute atomic E-state index is 0.184. The van der Waals surface area contributed by atoms with Gasteiger partial charge in [0.25, 0.3) is 5.91 Å². The number of carboxylic acid groups (broad SMARTS) is 1. The fourth-order valence-corrected chi connectivity index (χ4v) is 1.76. The van der Waals surface area contributed by atoms with Crippen molar-refractivity contribution in [1.82, 2.24) is 15.5 Å². The number of hydrogen-bond acceptors (Lipinski definition) is 4. The monoisotopic (exact) mass is 291 g/mol. The highest BCUT2D eigenvalue weighted by Gasteiger charge is 2.22. The van der Waals surface area contributed by atoms with E-state index in [-0.39, 0.29) is 5.69 Å². The molecule has 0 bridgehead atoms. The Kier molecular flexibility index (Phi) is 4.11. The molecule has 7 heteroatoms. The molecule has 2 heterocycles. The highest BCUT2D eigenvalue weighted by Crippen LogP contribution is 2.20. The molecule has 0 aromatic carbocycles. The summed E-state index contributed by atoms with van der Waals surface area (Å²) in [6, 6.07) is 4.65. The number of amides is 1. The van der Waals surface area contributed by atoms with Crippen molar-refractivity contribution < 1.29 is 19.1 Å². The third-order valence-corrected chi connectivity index (χ3v) is 3.31. The quantitative estimate of drug-likeness (QED) is 0.778. The molecule has 3 N–H and O–H groups in total. The molecule has 0 radical (unpaired) electrons. The summed E-state index contributed by atoms with van der Waals surface area (Å²) in [6.45, 7) is 5.00. The number of nitrogens with zero attached hydrogens (tertiary/aromatic N) is 1. The van der Waals surface area contributed by atoms with E-state index in [1.54, 1.807) is 19.1 Å². The lowest BCUT2D eigenvalue weighted by Crippen LogP contribution is -2.40. The minimum Gasteiger partial charge on any atom is -0.481 e. The van der Waals surface area contributed by atoms with E-state index in [2.05, 4.69) is 15.5 Å². The van der Waals surface area contributed by atoms with Gasteiger partial charge in [-0.2, -0.15) is 5.10 Å². The standard InChI is InChI=1S/C14H17N3O4/c1-7-4-5-12(21-7)10-6-11(17-16-10)13(18)15-9(3)8(2)14(19)20/h4-6,8-9H,1-3H3,(H,15,18)(H,16,17)(H,19,20). The summed E-state index contributed by atoms with van der Waals surface area (Å²) in [5.74, 6) is -0.724. The Bertz CT molecular complexity index is 659. The molecule has 2 aromatic heterocycles. The molecule has 0 aliphatic rings. The van der Waals surface area contributed by atoms with Gasteiger partial charge in [-0.3, -0.25) is 14.7 Å². The summed E-state index contributed by atoms with van der Waals surface area (Å²) in [6.07, 6.45) is 0. The number of aliphatic carboxylic acids is 1. The van der Waals surface area contributed by atoms with Crippen molar-refractivity contribution in [3.05, 3.63) is 29.7 Å². The number of carboxylic acids is 1. The van der Waals surface area contributed by atoms with Crippen LogP contribution in [0.4, 0.5) is 0 Å². The SMILES string of the molecule is Cc1ccc(-c2cc(C(=O)NC(C)C(C)C(=O)O)n[nH]2)o1. The van der Waals surface area contributed by atoms with Gasteiger partial charge in [-0.15, -0.1) is 0 Å². The van der Waals surface area contributed by atoms with E-state index in [1.165, 1.54) is 6.92 Å². The summed E-state index contributed by atoms with van der Waals surface area (Å²) in [5.41, 5.74) is 0.774. The number of carbonyl (C=O) groups is 2. The molecule has 7 nitrogen and oxygen atoms in total. The van der Waals surface area contributed by atoms with Crippen LogP contribution < -0.4 is 5.32 Å². The first-order valence-electron chi connectivity index (χ1n) is 6.54. The van der Waals surface area contributed by atoms with E-state index >= 15 is 0 Å². The second-order valence-corrected chi connectivity index (χ2v) is 4.97. The van der Waals surface area contributed by atoms with Crippen LogP contribution in [-0.2, 0) is 4.79 Å². The fourth-order valence-electron chi connectivity index (χ4n) is 1.76. The minimum atomic E-state index is -0.962. The summed E-state index contributed by atoms with van der Waals surface area (Å²) in [7, 11) is 0. The second kappa shape index (κ2) is 5.82. The smallest absolute Gasteiger partial charge is 0.308 e. The number of furan rings is 1. The van der Waals surface area contributed by atoms with Gasteiger partial charge in [-0.1, -0.05) is 0 Å². The molecule has 2 aromatic rings. The van der Waals surface area contributed by atoms with Gasteiger partial charge in [0.2, 0.25) is 0 Å². The summed E-state index contributed by atoms with van der Waals surface area (Å²) in [4.78, 5) is 22.9. The lowest BCUT2D eigenvalue weighted by molar-refractivity contribution is -0.141. The maximum Gasteiger partial charge on any atom is 0.308 e. The number of aromatic amines is 1. The van der Waals surface area contributed by atoms with Crippen molar-refractivity contribution in [3.8, 4) is 11.5 Å². The van der Waals surface area contributed by atoms with Gasteiger partial charge in [0, 0.05) is 12.1 Å². The van der Waals surface area contributed by atoms with E-state index in [0.717, 1.165) is 5.76 Å². The molecular weight excluding hydrogens is 274 g/mol. The van der Waals surface area contributed by atoms with Crippen LogP contribution in [0.5, 0.6) is 0 Å². The van der Waals surface area contributed by atoms with Crippen LogP contribution in [0.2, 0.25) is 0 Å². The number of aromatic nitrogens is 2. The average Bonchev–Trinajstić information content (AvgIpc) is 3.05. The molecule has 2 atom stereocenters. The van der Waals surface area contributed by atoms with Crippen LogP contribution in [-0.4, -0.2) is 33.2 Å². The molecule has 0 spiro atoms. The maximum atomic E-state index is 12.0. The van der Waals surface area contributed by atoms with E-state index in [4.69, 9.17) is 9.52 Å². The number of carbonyl (C=O) groups excluding carboxylic acids is 1. The zero-order valence-corrected chi connectivity index (χ0v) is 12.0. The molecule has 0 aliphatic heterocycles. The Labute approximate surface area is 121 Å². The summed E-state index contributed by atoms with van der Waals surface area (Å²) < 4.78 is 5.43. The molecule has 0 saturated heterocycles. The molecule has 2 rings (SSSR count). The lowest BCUT2D eigenvalue weighted by Gasteiger charge is -2.16. The molecule has 1 amide bonds. The normalized spacial score (nSPS) is 13.7. The highest BCUT2D eigenvalue weighted by atomic mass is 16.4. The van der Waals surface area contributed by atoms with Crippen molar-refractivity contribution in [2.75, 3.05) is 0 Å². The number of H-pyrrole nitrogens is 1. The third kappa shape index (κ3) is 3.31. The van der Waals surface area contributed by atoms with E-state index in [9.17, 15) is 9.59 Å². The topological polar surface area (TPSA) is 108 Å². The van der Waals surface area contributed by atoms with Crippen molar-refractivity contribution in [3.63, 3.8) is 0 Å². The van der Waals surface area contributed by atoms with Crippen LogP contribution in [0, 0.1) is 12.8 Å². The zero-order chi connectivity index (χ0) is 15.6. The average molecular weight is 291 g/mol. The van der Waals surface area contributed by atoms with E-state index < -0.39 is 23.8 Å². The molecular formula is C14H17N3O4. The van der Waals surface area contributed by atoms with Crippen molar-refractivity contribution in [1.29, 1.82) is 0 Å². The van der Waals surface area contributed by atoms with E-state index in [1.807, 2.05) is 13.0 Å². The first-order chi connectivity index (χ1) is 9.88. The maximum absolute atomic E-state index is 12.0. The molecule has 0 saturated carbocycles. The van der Waals surface area contributed by atoms with E-state index in [0.29, 0.717) is 11.5 Å². The number of aryl methyl sites for hydroxylation is 1. The third-order valence-electron chi connectivity index (χ3n) is 3.31. The molecule has 21 heavy (non-hydrogen) atoms. The predicted octanol–water partition coefficient (Wildman–Crippen LogP) is 1.82. The highest BCUT2D eigenvalue weighted by molar-refractivity contribution is 5.93. The largest absolute Gasteiger partial charge is 0.481 e. The Balaban J connectivity index is 2.07. The molecule has 0 fully saturated rings. The zero-order valence-electron chi connectivity index (χ0n) is 12.0. The first-order valence-corrected chi connectivity index (χ1v) is 6.54. The van der Waals surface area contributed by atoms with Crippen LogP contribution in [0.15, 0.2) is 22.6 Å². The Hall–Kier alpha value is -2.57. The number of nitrogens with one attached hydrogen (secondary N) is 2. The van der Waals surface area contributed by atoms with Crippen LogP contribution in [0.25, 0.3) is 11.5 Å². The van der Waals surface area contributed by atoms with Gasteiger partial charge in [0.15, 0.2) is 11.5 Å². The molecule has 2 unspecified atom stereocenters.